The lowest BCUT2D eigenvalue weighted by molar-refractivity contribution is -0.137. The number of carboxylic acids is 1. The largest absolute Gasteiger partial charge is 0.481 e. The molecule has 0 aliphatic carbocycles. The van der Waals surface area contributed by atoms with Crippen LogP contribution in [0.5, 0.6) is 0 Å². The molecule has 0 fully saturated rings. The average Bonchev–Trinajstić information content (AvgIpc) is 2.28. The van der Waals surface area contributed by atoms with E-state index in [1.54, 1.807) is 0 Å². The van der Waals surface area contributed by atoms with Crippen LogP contribution in [0.1, 0.15) is 85.0 Å². The predicted molar refractivity (Wildman–Crippen MR) is 77.8 cm³/mol. The van der Waals surface area contributed by atoms with Crippen LogP contribution in [0.2, 0.25) is 0 Å². The summed E-state index contributed by atoms with van der Waals surface area (Å²) in [6.07, 6.45) is 11.5. The van der Waals surface area contributed by atoms with Crippen LogP contribution in [0.15, 0.2) is 0 Å². The van der Waals surface area contributed by atoms with Crippen LogP contribution in [0, 0.1) is 11.8 Å². The van der Waals surface area contributed by atoms with Crippen molar-refractivity contribution in [3.63, 3.8) is 0 Å². The van der Waals surface area contributed by atoms with Gasteiger partial charge in [0, 0.05) is 6.42 Å². The molecule has 2 atom stereocenters. The van der Waals surface area contributed by atoms with Gasteiger partial charge in [-0.3, -0.25) is 4.79 Å². The van der Waals surface area contributed by atoms with Gasteiger partial charge in [0.15, 0.2) is 0 Å². The second-order valence-electron chi connectivity index (χ2n) is 5.93. The van der Waals surface area contributed by atoms with E-state index in [4.69, 9.17) is 5.11 Å². The molecule has 2 nitrogen and oxygen atoms in total. The third-order valence-electron chi connectivity index (χ3n) is 3.69. The fraction of sp³-hybridized carbons (Fsp3) is 0.938. The molecule has 0 heterocycles. The summed E-state index contributed by atoms with van der Waals surface area (Å²) in [5, 5.41) is 8.54. The van der Waals surface area contributed by atoms with Gasteiger partial charge in [0.25, 0.3) is 0 Å². The number of carbonyl (C=O) groups is 1. The Balaban J connectivity index is 3.40. The maximum atomic E-state index is 10.4. The minimum Gasteiger partial charge on any atom is -0.481 e. The van der Waals surface area contributed by atoms with Gasteiger partial charge in [-0.2, -0.15) is 0 Å². The lowest BCUT2D eigenvalue weighted by Crippen LogP contribution is -2.03. The molecule has 0 aromatic rings. The van der Waals surface area contributed by atoms with E-state index in [9.17, 15) is 4.79 Å². The maximum absolute atomic E-state index is 10.4. The zero-order chi connectivity index (χ0) is 13.8. The van der Waals surface area contributed by atoms with Crippen molar-refractivity contribution in [1.29, 1.82) is 0 Å². The zero-order valence-corrected chi connectivity index (χ0v) is 12.6. The standard InChI is InChI=1S/C16H32O2/c1-4-5-7-10-14(2)13-15(3)11-8-6-9-12-16(17)18/h14-15H,4-13H2,1-3H3,(H,17,18). The Kier molecular flexibility index (Phi) is 11.2. The number of hydrogen-bond donors (Lipinski definition) is 1. The summed E-state index contributed by atoms with van der Waals surface area (Å²) >= 11 is 0. The Labute approximate surface area is 113 Å². The number of aliphatic carboxylic acids is 1. The molecular weight excluding hydrogens is 224 g/mol. The van der Waals surface area contributed by atoms with Gasteiger partial charge in [-0.05, 0) is 24.7 Å². The molecule has 0 rings (SSSR count). The van der Waals surface area contributed by atoms with Crippen LogP contribution >= 0.6 is 0 Å². The van der Waals surface area contributed by atoms with Crippen molar-refractivity contribution in [2.75, 3.05) is 0 Å². The number of carboxylic acid groups (broad SMARTS) is 1. The highest BCUT2D eigenvalue weighted by Crippen LogP contribution is 2.22. The molecule has 0 saturated heterocycles. The lowest BCUT2D eigenvalue weighted by Gasteiger charge is -2.17. The third kappa shape index (κ3) is 11.9. The fourth-order valence-corrected chi connectivity index (χ4v) is 2.61. The molecule has 0 amide bonds. The van der Waals surface area contributed by atoms with Gasteiger partial charge in [-0.15, -0.1) is 0 Å². The van der Waals surface area contributed by atoms with Crippen LogP contribution < -0.4 is 0 Å². The van der Waals surface area contributed by atoms with Crippen LogP contribution in [-0.4, -0.2) is 11.1 Å². The predicted octanol–water partition coefficient (Wildman–Crippen LogP) is 5.26. The van der Waals surface area contributed by atoms with Crippen molar-refractivity contribution in [2.45, 2.75) is 85.0 Å². The summed E-state index contributed by atoms with van der Waals surface area (Å²) < 4.78 is 0. The van der Waals surface area contributed by atoms with E-state index in [0.717, 1.165) is 24.7 Å². The summed E-state index contributed by atoms with van der Waals surface area (Å²) in [5.41, 5.74) is 0. The van der Waals surface area contributed by atoms with Crippen LogP contribution in [-0.2, 0) is 4.79 Å². The molecule has 2 unspecified atom stereocenters. The quantitative estimate of drug-likeness (QED) is 0.483. The Bertz CT molecular complexity index is 201. The first-order valence-corrected chi connectivity index (χ1v) is 7.78. The van der Waals surface area contributed by atoms with Crippen LogP contribution in [0.4, 0.5) is 0 Å². The summed E-state index contributed by atoms with van der Waals surface area (Å²) in [4.78, 5) is 10.4. The summed E-state index contributed by atoms with van der Waals surface area (Å²) in [6.45, 7) is 6.97. The molecule has 0 aromatic carbocycles. The van der Waals surface area contributed by atoms with Crippen molar-refractivity contribution in [1.82, 2.24) is 0 Å². The number of rotatable bonds is 12. The molecule has 0 radical (unpaired) electrons. The van der Waals surface area contributed by atoms with Gasteiger partial charge in [-0.1, -0.05) is 65.7 Å². The third-order valence-corrected chi connectivity index (χ3v) is 3.69. The minimum atomic E-state index is -0.660. The van der Waals surface area contributed by atoms with Gasteiger partial charge in [0.05, 0.1) is 0 Å². The average molecular weight is 256 g/mol. The highest BCUT2D eigenvalue weighted by molar-refractivity contribution is 5.66. The topological polar surface area (TPSA) is 37.3 Å². The SMILES string of the molecule is CCCCCC(C)CC(C)CCCCCC(=O)O. The van der Waals surface area contributed by atoms with Gasteiger partial charge in [-0.25, -0.2) is 0 Å². The summed E-state index contributed by atoms with van der Waals surface area (Å²) in [7, 11) is 0. The maximum Gasteiger partial charge on any atom is 0.303 e. The molecule has 2 heteroatoms. The molecule has 1 N–H and O–H groups in total. The number of hydrogen-bond acceptors (Lipinski definition) is 1. The fourth-order valence-electron chi connectivity index (χ4n) is 2.61. The molecule has 0 aliphatic rings. The van der Waals surface area contributed by atoms with Crippen molar-refractivity contribution in [2.24, 2.45) is 11.8 Å². The monoisotopic (exact) mass is 256 g/mol. The van der Waals surface area contributed by atoms with Gasteiger partial charge in [0.2, 0.25) is 0 Å². The molecular formula is C16H32O2. The van der Waals surface area contributed by atoms with E-state index in [-0.39, 0.29) is 0 Å². The smallest absolute Gasteiger partial charge is 0.303 e. The first kappa shape index (κ1) is 17.5. The van der Waals surface area contributed by atoms with E-state index >= 15 is 0 Å². The Morgan fingerprint density at radius 3 is 2.00 bits per heavy atom. The Morgan fingerprint density at radius 2 is 1.50 bits per heavy atom. The first-order chi connectivity index (χ1) is 8.56. The summed E-state index contributed by atoms with van der Waals surface area (Å²) in [6, 6.07) is 0. The van der Waals surface area contributed by atoms with Crippen LogP contribution in [0.3, 0.4) is 0 Å². The van der Waals surface area contributed by atoms with E-state index in [1.165, 1.54) is 44.9 Å². The minimum absolute atomic E-state index is 0.335. The highest BCUT2D eigenvalue weighted by Gasteiger charge is 2.08. The van der Waals surface area contributed by atoms with Crippen molar-refractivity contribution >= 4 is 5.97 Å². The lowest BCUT2D eigenvalue weighted by atomic mass is 9.89. The van der Waals surface area contributed by atoms with E-state index in [0.29, 0.717) is 6.42 Å². The van der Waals surface area contributed by atoms with Gasteiger partial charge >= 0.3 is 5.97 Å². The van der Waals surface area contributed by atoms with Gasteiger partial charge in [0.1, 0.15) is 0 Å². The normalized spacial score (nSPS) is 14.4. The van der Waals surface area contributed by atoms with Gasteiger partial charge < -0.3 is 5.11 Å². The van der Waals surface area contributed by atoms with Crippen molar-refractivity contribution in [3.8, 4) is 0 Å². The molecule has 0 saturated carbocycles. The molecule has 0 spiro atoms. The molecule has 108 valence electrons. The van der Waals surface area contributed by atoms with Crippen LogP contribution in [0.25, 0.3) is 0 Å². The van der Waals surface area contributed by atoms with Crippen molar-refractivity contribution < 1.29 is 9.90 Å². The molecule has 0 bridgehead atoms. The second kappa shape index (κ2) is 11.6. The molecule has 0 aliphatic heterocycles. The summed E-state index contributed by atoms with van der Waals surface area (Å²) in [5.74, 6) is 0.990. The van der Waals surface area contributed by atoms with E-state index in [1.807, 2.05) is 0 Å². The molecule has 18 heavy (non-hydrogen) atoms. The second-order valence-corrected chi connectivity index (χ2v) is 5.93. The Hall–Kier alpha value is -0.530. The van der Waals surface area contributed by atoms with E-state index in [2.05, 4.69) is 20.8 Å². The van der Waals surface area contributed by atoms with Crippen molar-refractivity contribution in [3.05, 3.63) is 0 Å². The number of unbranched alkanes of at least 4 members (excludes halogenated alkanes) is 4. The highest BCUT2D eigenvalue weighted by atomic mass is 16.4. The molecule has 0 aromatic heterocycles. The van der Waals surface area contributed by atoms with E-state index < -0.39 is 5.97 Å². The first-order valence-electron chi connectivity index (χ1n) is 7.78. The Morgan fingerprint density at radius 1 is 0.944 bits per heavy atom. The zero-order valence-electron chi connectivity index (χ0n) is 12.6.